The van der Waals surface area contributed by atoms with Gasteiger partial charge in [0.15, 0.2) is 11.5 Å². The Morgan fingerprint density at radius 3 is 2.52 bits per heavy atom. The predicted molar refractivity (Wildman–Crippen MR) is 116 cm³/mol. The topological polar surface area (TPSA) is 59.9 Å². The summed E-state index contributed by atoms with van der Waals surface area (Å²) >= 11 is 0. The Balaban J connectivity index is 1.56. The fourth-order valence-corrected chi connectivity index (χ4v) is 3.38. The lowest BCUT2D eigenvalue weighted by molar-refractivity contribution is -0.122. The second kappa shape index (κ2) is 8.68. The summed E-state index contributed by atoms with van der Waals surface area (Å²) in [6.45, 7) is 9.07. The number of hydrogen-bond acceptors (Lipinski definition) is 4. The summed E-state index contributed by atoms with van der Waals surface area (Å²) in [5, 5.41) is 4.11. The van der Waals surface area contributed by atoms with Crippen LogP contribution in [0.15, 0.2) is 47.6 Å². The highest BCUT2D eigenvalue weighted by Gasteiger charge is 2.44. The molecule has 0 heterocycles. The zero-order chi connectivity index (χ0) is 21.0. The van der Waals surface area contributed by atoms with Gasteiger partial charge in [-0.25, -0.2) is 5.43 Å². The number of benzene rings is 2. The minimum Gasteiger partial charge on any atom is -0.493 e. The van der Waals surface area contributed by atoms with Crippen molar-refractivity contribution < 1.29 is 14.3 Å². The van der Waals surface area contributed by atoms with E-state index < -0.39 is 0 Å². The predicted octanol–water partition coefficient (Wildman–Crippen LogP) is 4.65. The molecule has 1 N–H and O–H groups in total. The van der Waals surface area contributed by atoms with E-state index in [1.165, 1.54) is 11.1 Å². The summed E-state index contributed by atoms with van der Waals surface area (Å²) in [7, 11) is 1.61. The van der Waals surface area contributed by atoms with Crippen LogP contribution in [0.1, 0.15) is 56.7 Å². The third kappa shape index (κ3) is 5.17. The highest BCUT2D eigenvalue weighted by Crippen LogP contribution is 2.47. The normalized spacial score (nSPS) is 18.5. The lowest BCUT2D eigenvalue weighted by Gasteiger charge is -2.19. The number of methoxy groups -OCH3 is 1. The molecule has 1 amide bonds. The van der Waals surface area contributed by atoms with Gasteiger partial charge in [-0.15, -0.1) is 0 Å². The van der Waals surface area contributed by atoms with Crippen molar-refractivity contribution >= 4 is 12.1 Å². The van der Waals surface area contributed by atoms with Crippen LogP contribution >= 0.6 is 0 Å². The van der Waals surface area contributed by atoms with Crippen molar-refractivity contribution in [2.45, 2.75) is 45.4 Å². The van der Waals surface area contributed by atoms with Crippen molar-refractivity contribution in [1.29, 1.82) is 0 Å². The van der Waals surface area contributed by atoms with Crippen LogP contribution in [0.3, 0.4) is 0 Å². The van der Waals surface area contributed by atoms with Crippen molar-refractivity contribution in [2.24, 2.45) is 11.0 Å². The van der Waals surface area contributed by atoms with E-state index in [1.807, 2.05) is 25.1 Å². The number of amides is 1. The molecule has 1 saturated carbocycles. The van der Waals surface area contributed by atoms with Crippen LogP contribution < -0.4 is 14.9 Å². The maximum Gasteiger partial charge on any atom is 0.243 e. The molecule has 0 saturated heterocycles. The fourth-order valence-electron chi connectivity index (χ4n) is 3.38. The average molecular weight is 395 g/mol. The van der Waals surface area contributed by atoms with Crippen LogP contribution in [-0.4, -0.2) is 25.8 Å². The van der Waals surface area contributed by atoms with Crippen molar-refractivity contribution in [2.75, 3.05) is 13.7 Å². The van der Waals surface area contributed by atoms with Gasteiger partial charge >= 0.3 is 0 Å². The Hall–Kier alpha value is -2.82. The Labute approximate surface area is 173 Å². The fraction of sp³-hybridized carbons (Fsp3) is 0.417. The van der Waals surface area contributed by atoms with Gasteiger partial charge in [0.1, 0.15) is 0 Å². The summed E-state index contributed by atoms with van der Waals surface area (Å²) in [6.07, 6.45) is 2.49. The molecule has 2 aromatic carbocycles. The van der Waals surface area contributed by atoms with Crippen molar-refractivity contribution in [1.82, 2.24) is 5.43 Å². The molecule has 0 spiro atoms. The zero-order valence-corrected chi connectivity index (χ0v) is 17.9. The molecule has 1 aliphatic carbocycles. The van der Waals surface area contributed by atoms with Gasteiger partial charge in [-0.2, -0.15) is 5.10 Å². The van der Waals surface area contributed by atoms with E-state index in [-0.39, 0.29) is 23.2 Å². The van der Waals surface area contributed by atoms with Crippen LogP contribution in [-0.2, 0) is 10.2 Å². The first-order chi connectivity index (χ1) is 13.8. The summed E-state index contributed by atoms with van der Waals surface area (Å²) in [4.78, 5) is 12.4. The molecule has 1 fully saturated rings. The molecule has 2 aromatic rings. The molecule has 0 radical (unpaired) electrons. The van der Waals surface area contributed by atoms with Gasteiger partial charge in [0.05, 0.1) is 19.9 Å². The first kappa shape index (κ1) is 20.9. The monoisotopic (exact) mass is 394 g/mol. The molecular weight excluding hydrogens is 364 g/mol. The molecule has 0 unspecified atom stereocenters. The van der Waals surface area contributed by atoms with E-state index in [4.69, 9.17) is 9.47 Å². The van der Waals surface area contributed by atoms with E-state index in [1.54, 1.807) is 13.3 Å². The highest BCUT2D eigenvalue weighted by molar-refractivity contribution is 5.86. The van der Waals surface area contributed by atoms with E-state index in [9.17, 15) is 4.79 Å². The van der Waals surface area contributed by atoms with Crippen LogP contribution in [0.2, 0.25) is 0 Å². The lowest BCUT2D eigenvalue weighted by Crippen LogP contribution is -2.20. The highest BCUT2D eigenvalue weighted by atomic mass is 16.5. The molecule has 5 nitrogen and oxygen atoms in total. The Morgan fingerprint density at radius 1 is 1.17 bits per heavy atom. The number of carbonyl (C=O) groups excluding carboxylic acids is 1. The van der Waals surface area contributed by atoms with E-state index in [2.05, 4.69) is 55.6 Å². The van der Waals surface area contributed by atoms with E-state index in [0.29, 0.717) is 18.1 Å². The van der Waals surface area contributed by atoms with Crippen LogP contribution in [0.5, 0.6) is 11.5 Å². The number of carbonyl (C=O) groups is 1. The largest absolute Gasteiger partial charge is 0.493 e. The number of hydrazone groups is 1. The minimum absolute atomic E-state index is 0.0116. The summed E-state index contributed by atoms with van der Waals surface area (Å²) < 4.78 is 10.8. The average Bonchev–Trinajstić information content (AvgIpc) is 3.49. The number of ether oxygens (including phenoxy) is 2. The van der Waals surface area contributed by atoms with Crippen molar-refractivity contribution in [3.8, 4) is 11.5 Å². The van der Waals surface area contributed by atoms with Gasteiger partial charge in [0.25, 0.3) is 0 Å². The summed E-state index contributed by atoms with van der Waals surface area (Å²) in [5.41, 5.74) is 6.16. The number of rotatable bonds is 7. The van der Waals surface area contributed by atoms with Gasteiger partial charge < -0.3 is 9.47 Å². The van der Waals surface area contributed by atoms with Crippen LogP contribution in [0, 0.1) is 5.92 Å². The second-order valence-corrected chi connectivity index (χ2v) is 8.40. The van der Waals surface area contributed by atoms with Gasteiger partial charge in [-0.1, -0.05) is 45.0 Å². The summed E-state index contributed by atoms with van der Waals surface area (Å²) in [5.74, 6) is 1.56. The van der Waals surface area contributed by atoms with Gasteiger partial charge in [0, 0.05) is 5.92 Å². The van der Waals surface area contributed by atoms with Gasteiger partial charge in [-0.05, 0) is 59.6 Å². The zero-order valence-electron chi connectivity index (χ0n) is 17.9. The van der Waals surface area contributed by atoms with Crippen LogP contribution in [0.4, 0.5) is 0 Å². The lowest BCUT2D eigenvalue weighted by atomic mass is 9.86. The minimum atomic E-state index is -0.0373. The second-order valence-electron chi connectivity index (χ2n) is 8.40. The van der Waals surface area contributed by atoms with Crippen molar-refractivity contribution in [3.63, 3.8) is 0 Å². The quantitative estimate of drug-likeness (QED) is 0.549. The van der Waals surface area contributed by atoms with Gasteiger partial charge in [0.2, 0.25) is 5.91 Å². The molecule has 1 aliphatic rings. The SMILES string of the molecule is CCOc1cc(C=NNC(=O)[C@@H]2C[C@@H]2c2ccc(C(C)(C)C)cc2)ccc1OC. The molecule has 154 valence electrons. The molecule has 5 heteroatoms. The third-order valence-corrected chi connectivity index (χ3v) is 5.21. The first-order valence-electron chi connectivity index (χ1n) is 10.1. The molecule has 2 atom stereocenters. The van der Waals surface area contributed by atoms with Crippen molar-refractivity contribution in [3.05, 3.63) is 59.2 Å². The molecule has 0 aliphatic heterocycles. The molecule has 0 aromatic heterocycles. The molecule has 3 rings (SSSR count). The maximum absolute atomic E-state index is 12.4. The smallest absolute Gasteiger partial charge is 0.243 e. The summed E-state index contributed by atoms with van der Waals surface area (Å²) in [6, 6.07) is 14.2. The Morgan fingerprint density at radius 2 is 1.90 bits per heavy atom. The van der Waals surface area contributed by atoms with Gasteiger partial charge in [-0.3, -0.25) is 4.79 Å². The number of nitrogens with zero attached hydrogens (tertiary/aromatic N) is 1. The van der Waals surface area contributed by atoms with E-state index >= 15 is 0 Å². The molecular formula is C24H30N2O3. The number of nitrogens with one attached hydrogen (secondary N) is 1. The van der Waals surface area contributed by atoms with Crippen LogP contribution in [0.25, 0.3) is 0 Å². The molecule has 0 bridgehead atoms. The number of hydrogen-bond donors (Lipinski definition) is 1. The first-order valence-corrected chi connectivity index (χ1v) is 10.1. The standard InChI is InChI=1S/C24H30N2O3/c1-6-29-22-13-16(7-12-21(22)28-5)15-25-26-23(27)20-14-19(20)17-8-10-18(11-9-17)24(2,3)4/h7-13,15,19-20H,6,14H2,1-5H3,(H,26,27)/t19-,20-/m1/s1. The molecule has 29 heavy (non-hydrogen) atoms. The Bertz CT molecular complexity index is 882. The Kier molecular flexibility index (Phi) is 6.26. The van der Waals surface area contributed by atoms with E-state index in [0.717, 1.165) is 12.0 Å². The third-order valence-electron chi connectivity index (χ3n) is 5.21. The maximum atomic E-state index is 12.4.